The summed E-state index contributed by atoms with van der Waals surface area (Å²) in [6, 6.07) is 6.16. The first-order chi connectivity index (χ1) is 11.1. The number of aryl methyl sites for hydroxylation is 1. The van der Waals surface area contributed by atoms with Gasteiger partial charge in [-0.3, -0.25) is 14.7 Å². The van der Waals surface area contributed by atoms with Crippen molar-refractivity contribution in [3.8, 4) is 5.75 Å². The largest absolute Gasteiger partial charge is 0.507 e. The van der Waals surface area contributed by atoms with E-state index in [1.165, 1.54) is 12.9 Å². The van der Waals surface area contributed by atoms with Gasteiger partial charge in [0.25, 0.3) is 6.47 Å². The van der Waals surface area contributed by atoms with Crippen LogP contribution in [0.25, 0.3) is 0 Å². The van der Waals surface area contributed by atoms with E-state index in [1.807, 2.05) is 36.9 Å². The van der Waals surface area contributed by atoms with Crippen molar-refractivity contribution in [3.05, 3.63) is 29.3 Å². The Morgan fingerprint density at radius 2 is 2.22 bits per heavy atom. The molecule has 0 saturated carbocycles. The molecule has 2 heterocycles. The van der Waals surface area contributed by atoms with E-state index in [-0.39, 0.29) is 0 Å². The number of hydrogen-bond acceptors (Lipinski definition) is 7. The molecule has 23 heavy (non-hydrogen) atoms. The van der Waals surface area contributed by atoms with Gasteiger partial charge >= 0.3 is 0 Å². The maximum Gasteiger partial charge on any atom is 0.292 e. The molecule has 1 aromatic carbocycles. The third-order valence-corrected chi connectivity index (χ3v) is 6.19. The van der Waals surface area contributed by atoms with Gasteiger partial charge in [0, 0.05) is 23.6 Å². The Bertz CT molecular complexity index is 580. The summed E-state index contributed by atoms with van der Waals surface area (Å²) in [4.78, 5) is 16.2. The van der Waals surface area contributed by atoms with Crippen LogP contribution in [-0.2, 0) is 9.53 Å². The molecule has 0 amide bonds. The highest BCUT2D eigenvalue weighted by Crippen LogP contribution is 2.35. The number of benzene rings is 1. The number of carbonyl (C=O) groups excluding carboxylic acids is 1. The molecule has 1 N–H and O–H groups in total. The molecular formula is C16H22N2O3S2. The highest BCUT2D eigenvalue weighted by molar-refractivity contribution is 8.14. The maximum absolute atomic E-state index is 10.0. The lowest BCUT2D eigenvalue weighted by Gasteiger charge is -2.21. The van der Waals surface area contributed by atoms with Crippen LogP contribution in [0.2, 0.25) is 0 Å². The molecule has 7 heteroatoms. The molecule has 1 aromatic rings. The Morgan fingerprint density at radius 1 is 1.48 bits per heavy atom. The number of nitrogens with zero attached hydrogens (tertiary/aromatic N) is 2. The van der Waals surface area contributed by atoms with Crippen molar-refractivity contribution in [2.45, 2.75) is 18.3 Å². The molecule has 0 aliphatic carbocycles. The van der Waals surface area contributed by atoms with Gasteiger partial charge in [-0.2, -0.15) is 0 Å². The number of aromatic hydroxyl groups is 1. The lowest BCUT2D eigenvalue weighted by atomic mass is 10.1. The van der Waals surface area contributed by atoms with Gasteiger partial charge in [0.15, 0.2) is 0 Å². The number of thioether (sulfide) groups is 2. The van der Waals surface area contributed by atoms with Crippen molar-refractivity contribution >= 4 is 35.0 Å². The van der Waals surface area contributed by atoms with Gasteiger partial charge in [-0.15, -0.1) is 23.5 Å². The van der Waals surface area contributed by atoms with Crippen LogP contribution in [0.15, 0.2) is 23.2 Å². The maximum atomic E-state index is 10.0. The summed E-state index contributed by atoms with van der Waals surface area (Å²) < 4.78 is 3.86. The van der Waals surface area contributed by atoms with Crippen LogP contribution >= 0.6 is 23.5 Å². The fourth-order valence-corrected chi connectivity index (χ4v) is 5.10. The second kappa shape index (κ2) is 8.61. The van der Waals surface area contributed by atoms with Gasteiger partial charge in [0.2, 0.25) is 0 Å². The molecule has 3 rings (SSSR count). The minimum atomic E-state index is 0.346. The van der Waals surface area contributed by atoms with Gasteiger partial charge < -0.3 is 9.84 Å². The summed E-state index contributed by atoms with van der Waals surface area (Å²) in [6.45, 7) is 3.51. The van der Waals surface area contributed by atoms with Crippen molar-refractivity contribution in [1.29, 1.82) is 0 Å². The smallest absolute Gasteiger partial charge is 0.292 e. The van der Waals surface area contributed by atoms with Gasteiger partial charge in [-0.1, -0.05) is 6.07 Å². The van der Waals surface area contributed by atoms with E-state index in [0.29, 0.717) is 23.6 Å². The van der Waals surface area contributed by atoms with Gasteiger partial charge in [0.1, 0.15) is 10.8 Å². The van der Waals surface area contributed by atoms with Crippen LogP contribution in [0.1, 0.15) is 11.1 Å². The lowest BCUT2D eigenvalue weighted by Crippen LogP contribution is -2.33. The number of ether oxygens (including phenoxy) is 1. The number of hydrogen-bond donors (Lipinski definition) is 1. The monoisotopic (exact) mass is 354 g/mol. The standard InChI is InChI=1S/C14H18N2OS2.C2H4O2/c1-9-3-4-10(12(17)7-9)13-15-11(8-19-13)14-16(2)5-6-18-14;1-4-2-3/h3-4,7,11,14,17H,5-6,8H2,1-2H3;2H,1H3. The van der Waals surface area contributed by atoms with Crippen molar-refractivity contribution < 1.29 is 14.6 Å². The zero-order valence-electron chi connectivity index (χ0n) is 13.6. The van der Waals surface area contributed by atoms with Crippen LogP contribution in [0.3, 0.4) is 0 Å². The topological polar surface area (TPSA) is 62.1 Å². The van der Waals surface area contributed by atoms with Crippen LogP contribution in [-0.4, -0.2) is 65.1 Å². The van der Waals surface area contributed by atoms with E-state index >= 15 is 0 Å². The van der Waals surface area contributed by atoms with Crippen LogP contribution < -0.4 is 0 Å². The number of likely N-dealkylation sites (N-methyl/N-ethyl adjacent to an activating group) is 1. The molecule has 5 nitrogen and oxygen atoms in total. The molecule has 1 saturated heterocycles. The second-order valence-electron chi connectivity index (χ2n) is 5.41. The Balaban J connectivity index is 0.000000433. The van der Waals surface area contributed by atoms with E-state index in [1.54, 1.807) is 11.8 Å². The number of aliphatic imine (C=N–C) groups is 1. The number of phenolic OH excluding ortho intramolecular Hbond substituents is 1. The average molecular weight is 354 g/mol. The molecule has 2 atom stereocenters. The fraction of sp³-hybridized carbons (Fsp3) is 0.500. The molecule has 1 fully saturated rings. The zero-order valence-corrected chi connectivity index (χ0v) is 15.2. The SMILES string of the molecule is COC=O.Cc1ccc(C2=NC(C3SCCN3C)CS2)c(O)c1. The lowest BCUT2D eigenvalue weighted by molar-refractivity contribution is -0.126. The fourth-order valence-electron chi connectivity index (χ4n) is 2.48. The summed E-state index contributed by atoms with van der Waals surface area (Å²) in [5.41, 5.74) is 1.95. The first kappa shape index (κ1) is 18.2. The molecule has 2 aliphatic rings. The van der Waals surface area contributed by atoms with Crippen LogP contribution in [0.4, 0.5) is 0 Å². The van der Waals surface area contributed by atoms with Crippen LogP contribution in [0, 0.1) is 6.92 Å². The van der Waals surface area contributed by atoms with E-state index < -0.39 is 0 Å². The Kier molecular flexibility index (Phi) is 6.80. The summed E-state index contributed by atoms with van der Waals surface area (Å²) >= 11 is 3.76. The van der Waals surface area contributed by atoms with E-state index in [9.17, 15) is 5.11 Å². The third kappa shape index (κ3) is 4.65. The second-order valence-corrected chi connectivity index (χ2v) is 7.64. The van der Waals surface area contributed by atoms with Crippen molar-refractivity contribution in [2.75, 3.05) is 32.2 Å². The summed E-state index contributed by atoms with van der Waals surface area (Å²) in [5, 5.41) is 11.5. The van der Waals surface area contributed by atoms with Crippen molar-refractivity contribution in [2.24, 2.45) is 4.99 Å². The first-order valence-corrected chi connectivity index (χ1v) is 9.39. The summed E-state index contributed by atoms with van der Waals surface area (Å²) in [7, 11) is 3.49. The molecule has 2 unspecified atom stereocenters. The average Bonchev–Trinajstić information content (AvgIpc) is 3.16. The van der Waals surface area contributed by atoms with Crippen molar-refractivity contribution in [3.63, 3.8) is 0 Å². The quantitative estimate of drug-likeness (QED) is 0.841. The predicted octanol–water partition coefficient (Wildman–Crippen LogP) is 2.36. The van der Waals surface area contributed by atoms with Gasteiger partial charge in [-0.25, -0.2) is 0 Å². The van der Waals surface area contributed by atoms with Crippen molar-refractivity contribution in [1.82, 2.24) is 4.90 Å². The molecule has 0 bridgehead atoms. The minimum absolute atomic E-state index is 0.346. The Labute approximate surface area is 145 Å². The molecule has 0 aromatic heterocycles. The third-order valence-electron chi connectivity index (χ3n) is 3.65. The minimum Gasteiger partial charge on any atom is -0.507 e. The Hall–Kier alpha value is -1.18. The van der Waals surface area contributed by atoms with E-state index in [0.717, 1.165) is 28.5 Å². The van der Waals surface area contributed by atoms with E-state index in [2.05, 4.69) is 16.7 Å². The number of rotatable bonds is 3. The van der Waals surface area contributed by atoms with E-state index in [4.69, 9.17) is 9.79 Å². The zero-order chi connectivity index (χ0) is 16.8. The molecule has 0 spiro atoms. The molecule has 0 radical (unpaired) electrons. The molecule has 2 aliphatic heterocycles. The highest BCUT2D eigenvalue weighted by Gasteiger charge is 2.33. The molecule has 126 valence electrons. The normalized spacial score (nSPS) is 23.9. The number of carbonyl (C=O) groups is 1. The number of methoxy groups -OCH3 is 1. The highest BCUT2D eigenvalue weighted by atomic mass is 32.2. The first-order valence-electron chi connectivity index (χ1n) is 7.35. The Morgan fingerprint density at radius 3 is 2.78 bits per heavy atom. The van der Waals surface area contributed by atoms with Gasteiger partial charge in [0.05, 0.1) is 18.5 Å². The predicted molar refractivity (Wildman–Crippen MR) is 97.6 cm³/mol. The summed E-state index contributed by atoms with van der Waals surface area (Å²) in [6.07, 6.45) is 0. The number of phenols is 1. The van der Waals surface area contributed by atoms with Crippen LogP contribution in [0.5, 0.6) is 5.75 Å². The summed E-state index contributed by atoms with van der Waals surface area (Å²) in [5.74, 6) is 2.56. The van der Waals surface area contributed by atoms with Gasteiger partial charge in [-0.05, 0) is 31.7 Å². The molecular weight excluding hydrogens is 332 g/mol.